The third-order valence-corrected chi connectivity index (χ3v) is 5.37. The smallest absolute Gasteiger partial charge is 0.387 e. The van der Waals surface area contributed by atoms with Gasteiger partial charge in [0, 0.05) is 6.42 Å². The fourth-order valence-electron chi connectivity index (χ4n) is 2.87. The number of nitro groups is 1. The van der Waals surface area contributed by atoms with E-state index in [1.54, 1.807) is 11.3 Å². The normalized spacial score (nSPS) is 11.0. The van der Waals surface area contributed by atoms with Crippen molar-refractivity contribution >= 4 is 33.2 Å². The second-order valence-electron chi connectivity index (χ2n) is 6.36. The molecule has 0 amide bonds. The van der Waals surface area contributed by atoms with Gasteiger partial charge >= 0.3 is 12.6 Å². The standard InChI is InChI=1S/C20H18F2N2O6S/c1-28-15-9-12(14(24(26)27)10-16(15)30-20(21)22)11-29-19(25)8-4-7-18-23-13-5-2-3-6-17(13)31-18/h2-3,5-6,9-10,20H,4,7-8,11H2,1H3. The molecule has 164 valence electrons. The van der Waals surface area contributed by atoms with Gasteiger partial charge in [0.25, 0.3) is 5.69 Å². The Balaban J connectivity index is 1.58. The largest absolute Gasteiger partial charge is 0.493 e. The van der Waals surface area contributed by atoms with Crippen molar-refractivity contribution in [3.05, 3.63) is 57.1 Å². The Morgan fingerprint density at radius 2 is 2.03 bits per heavy atom. The molecule has 0 radical (unpaired) electrons. The predicted molar refractivity (Wildman–Crippen MR) is 109 cm³/mol. The highest BCUT2D eigenvalue weighted by Crippen LogP contribution is 2.36. The topological polar surface area (TPSA) is 101 Å². The molecule has 0 bridgehead atoms. The van der Waals surface area contributed by atoms with Crippen molar-refractivity contribution in [1.82, 2.24) is 4.98 Å². The summed E-state index contributed by atoms with van der Waals surface area (Å²) in [5.41, 5.74) is 0.396. The summed E-state index contributed by atoms with van der Waals surface area (Å²) in [5, 5.41) is 12.2. The lowest BCUT2D eigenvalue weighted by molar-refractivity contribution is -0.386. The Kier molecular flexibility index (Phi) is 7.29. The molecule has 0 aliphatic rings. The van der Waals surface area contributed by atoms with E-state index in [-0.39, 0.29) is 17.7 Å². The molecule has 1 aromatic heterocycles. The Bertz CT molecular complexity index is 1060. The molecule has 0 N–H and O–H groups in total. The number of alkyl halides is 2. The molecule has 2 aromatic carbocycles. The number of esters is 1. The van der Waals surface area contributed by atoms with Gasteiger partial charge in [0.05, 0.1) is 38.9 Å². The van der Waals surface area contributed by atoms with Gasteiger partial charge < -0.3 is 14.2 Å². The first-order valence-corrected chi connectivity index (χ1v) is 9.99. The Hall–Kier alpha value is -3.34. The van der Waals surface area contributed by atoms with Crippen molar-refractivity contribution in [2.75, 3.05) is 7.11 Å². The minimum absolute atomic E-state index is 0.00277. The summed E-state index contributed by atoms with van der Waals surface area (Å²) in [7, 11) is 1.21. The van der Waals surface area contributed by atoms with E-state index in [0.29, 0.717) is 12.8 Å². The number of para-hydroxylation sites is 1. The summed E-state index contributed by atoms with van der Waals surface area (Å²) < 4.78 is 40.4. The molecule has 3 aromatic rings. The van der Waals surface area contributed by atoms with Crippen molar-refractivity contribution < 1.29 is 32.7 Å². The molecule has 0 unspecified atom stereocenters. The zero-order valence-electron chi connectivity index (χ0n) is 16.4. The lowest BCUT2D eigenvalue weighted by atomic mass is 10.1. The molecule has 0 spiro atoms. The van der Waals surface area contributed by atoms with Crippen molar-refractivity contribution in [1.29, 1.82) is 0 Å². The van der Waals surface area contributed by atoms with Crippen LogP contribution >= 0.6 is 11.3 Å². The summed E-state index contributed by atoms with van der Waals surface area (Å²) >= 11 is 1.56. The highest BCUT2D eigenvalue weighted by molar-refractivity contribution is 7.18. The average molecular weight is 452 g/mol. The van der Waals surface area contributed by atoms with E-state index in [1.807, 2.05) is 24.3 Å². The van der Waals surface area contributed by atoms with E-state index in [9.17, 15) is 23.7 Å². The number of carbonyl (C=O) groups excluding carboxylic acids is 1. The molecule has 1 heterocycles. The minimum Gasteiger partial charge on any atom is -0.493 e. The second-order valence-corrected chi connectivity index (χ2v) is 7.47. The third-order valence-electron chi connectivity index (χ3n) is 4.28. The molecular formula is C20H18F2N2O6S. The van der Waals surface area contributed by atoms with E-state index in [4.69, 9.17) is 9.47 Å². The number of thiazole rings is 1. The number of halogens is 2. The van der Waals surface area contributed by atoms with Crippen LogP contribution in [-0.4, -0.2) is 29.6 Å². The van der Waals surface area contributed by atoms with E-state index in [0.717, 1.165) is 27.4 Å². The number of aromatic nitrogens is 1. The van der Waals surface area contributed by atoms with Crippen molar-refractivity contribution in [2.24, 2.45) is 0 Å². The third kappa shape index (κ3) is 5.85. The number of nitrogens with zero attached hydrogens (tertiary/aromatic N) is 2. The number of hydrogen-bond donors (Lipinski definition) is 0. The molecule has 0 aliphatic heterocycles. The molecule has 11 heteroatoms. The summed E-state index contributed by atoms with van der Waals surface area (Å²) in [5.74, 6) is -1.15. The number of carbonyl (C=O) groups is 1. The van der Waals surface area contributed by atoms with E-state index in [2.05, 4.69) is 9.72 Å². The quantitative estimate of drug-likeness (QED) is 0.245. The molecule has 0 atom stereocenters. The van der Waals surface area contributed by atoms with Crippen LogP contribution in [0.15, 0.2) is 36.4 Å². The van der Waals surface area contributed by atoms with Crippen LogP contribution in [0.3, 0.4) is 0 Å². The monoisotopic (exact) mass is 452 g/mol. The number of hydrogen-bond acceptors (Lipinski definition) is 8. The Morgan fingerprint density at radius 1 is 1.26 bits per heavy atom. The highest BCUT2D eigenvalue weighted by atomic mass is 32.1. The predicted octanol–water partition coefficient (Wildman–Crippen LogP) is 4.88. The Labute approximate surface area is 179 Å². The van der Waals surface area contributed by atoms with Crippen LogP contribution in [0.25, 0.3) is 10.2 Å². The number of rotatable bonds is 10. The Morgan fingerprint density at radius 3 is 2.71 bits per heavy atom. The summed E-state index contributed by atoms with van der Waals surface area (Å²) in [6, 6.07) is 9.70. The van der Waals surface area contributed by atoms with E-state index in [1.165, 1.54) is 7.11 Å². The molecule has 0 aliphatic carbocycles. The second kappa shape index (κ2) is 10.1. The molecule has 0 saturated carbocycles. The van der Waals surface area contributed by atoms with Gasteiger partial charge in [-0.25, -0.2) is 4.98 Å². The van der Waals surface area contributed by atoms with Crippen LogP contribution in [0, 0.1) is 10.1 Å². The van der Waals surface area contributed by atoms with Gasteiger partial charge in [-0.2, -0.15) is 8.78 Å². The first kappa shape index (κ1) is 22.3. The van der Waals surface area contributed by atoms with Gasteiger partial charge in [-0.3, -0.25) is 14.9 Å². The van der Waals surface area contributed by atoms with Crippen molar-refractivity contribution in [2.45, 2.75) is 32.5 Å². The van der Waals surface area contributed by atoms with Crippen LogP contribution in [0.4, 0.5) is 14.5 Å². The van der Waals surface area contributed by atoms with Gasteiger partial charge in [0.1, 0.15) is 6.61 Å². The van der Waals surface area contributed by atoms with Gasteiger partial charge in [-0.05, 0) is 31.0 Å². The molecule has 3 rings (SSSR count). The zero-order valence-corrected chi connectivity index (χ0v) is 17.2. The van der Waals surface area contributed by atoms with Gasteiger partial charge in [0.2, 0.25) is 0 Å². The fourth-order valence-corrected chi connectivity index (χ4v) is 3.87. The summed E-state index contributed by atoms with van der Waals surface area (Å²) in [6.45, 7) is -3.57. The fraction of sp³-hybridized carbons (Fsp3) is 0.300. The minimum atomic E-state index is -3.17. The SMILES string of the molecule is COc1cc(COC(=O)CCCc2nc3ccccc3s2)c([N+](=O)[O-])cc1OC(F)F. The lowest BCUT2D eigenvalue weighted by Gasteiger charge is -2.12. The number of methoxy groups -OCH3 is 1. The van der Waals surface area contributed by atoms with Gasteiger partial charge in [-0.15, -0.1) is 11.3 Å². The zero-order chi connectivity index (χ0) is 22.4. The molecule has 0 saturated heterocycles. The summed E-state index contributed by atoms with van der Waals surface area (Å²) in [6.07, 6.45) is 1.21. The van der Waals surface area contributed by atoms with Crippen LogP contribution in [0.2, 0.25) is 0 Å². The molecule has 31 heavy (non-hydrogen) atoms. The number of ether oxygens (including phenoxy) is 3. The lowest BCUT2D eigenvalue weighted by Crippen LogP contribution is -2.08. The molecular weight excluding hydrogens is 434 g/mol. The number of aryl methyl sites for hydroxylation is 1. The maximum Gasteiger partial charge on any atom is 0.387 e. The van der Waals surface area contributed by atoms with Crippen molar-refractivity contribution in [3.63, 3.8) is 0 Å². The highest BCUT2D eigenvalue weighted by Gasteiger charge is 2.22. The van der Waals surface area contributed by atoms with Crippen LogP contribution in [-0.2, 0) is 22.6 Å². The van der Waals surface area contributed by atoms with Crippen LogP contribution in [0.5, 0.6) is 11.5 Å². The van der Waals surface area contributed by atoms with Gasteiger partial charge in [0.15, 0.2) is 11.5 Å². The number of benzene rings is 2. The number of fused-ring (bicyclic) bond motifs is 1. The van der Waals surface area contributed by atoms with Crippen molar-refractivity contribution in [3.8, 4) is 11.5 Å². The summed E-state index contributed by atoms with van der Waals surface area (Å²) in [4.78, 5) is 27.1. The number of nitro benzene ring substituents is 1. The first-order chi connectivity index (χ1) is 14.9. The average Bonchev–Trinajstić information content (AvgIpc) is 3.14. The molecule has 8 nitrogen and oxygen atoms in total. The van der Waals surface area contributed by atoms with E-state index < -0.39 is 35.5 Å². The molecule has 0 fully saturated rings. The van der Waals surface area contributed by atoms with Crippen LogP contribution < -0.4 is 9.47 Å². The maximum absolute atomic E-state index is 12.5. The maximum atomic E-state index is 12.5. The van der Waals surface area contributed by atoms with E-state index >= 15 is 0 Å². The first-order valence-electron chi connectivity index (χ1n) is 9.17. The van der Waals surface area contributed by atoms with Gasteiger partial charge in [-0.1, -0.05) is 12.1 Å². The van der Waals surface area contributed by atoms with Crippen LogP contribution in [0.1, 0.15) is 23.4 Å².